The van der Waals surface area contributed by atoms with E-state index in [4.69, 9.17) is 10.5 Å². The number of hydrogen-bond donors (Lipinski definition) is 14. The average Bonchev–Trinajstić information content (AvgIpc) is 1.64. The molecule has 0 aliphatic carbocycles. The second-order valence-electron chi connectivity index (χ2n) is 25.1. The minimum Gasteiger partial charge on any atom is -0.508 e. The van der Waals surface area contributed by atoms with Crippen LogP contribution in [0.5, 0.6) is 11.5 Å². The van der Waals surface area contributed by atoms with Crippen molar-refractivity contribution in [1.82, 2.24) is 62.1 Å². The van der Waals surface area contributed by atoms with Crippen LogP contribution in [0.15, 0.2) is 104 Å². The number of aromatic amines is 2. The highest BCUT2D eigenvalue weighted by Crippen LogP contribution is 2.25. The minimum absolute atomic E-state index is 0.000902. The number of nitrogens with zero attached hydrogens (tertiary/aromatic N) is 3. The van der Waals surface area contributed by atoms with E-state index in [2.05, 4.69) is 57.2 Å². The predicted molar refractivity (Wildman–Crippen MR) is 337 cm³/mol. The van der Waals surface area contributed by atoms with Gasteiger partial charge in [0, 0.05) is 68.3 Å². The highest BCUT2D eigenvalue weighted by atomic mass is 16.6. The Labute approximate surface area is 534 Å². The van der Waals surface area contributed by atoms with Crippen LogP contribution in [-0.4, -0.2) is 172 Å². The van der Waals surface area contributed by atoms with E-state index in [9.17, 15) is 63.6 Å². The number of carbonyl (C=O) groups excluding carboxylic acids is 9. The van der Waals surface area contributed by atoms with E-state index >= 15 is 0 Å². The van der Waals surface area contributed by atoms with Crippen LogP contribution in [0.2, 0.25) is 0 Å². The zero-order valence-electron chi connectivity index (χ0n) is 53.0. The summed E-state index contributed by atoms with van der Waals surface area (Å²) in [5, 5.41) is 61.4. The topological polar surface area (TPSA) is 415 Å². The van der Waals surface area contributed by atoms with Crippen LogP contribution in [0.1, 0.15) is 109 Å². The van der Waals surface area contributed by atoms with Crippen LogP contribution in [0.25, 0.3) is 0 Å². The van der Waals surface area contributed by atoms with Crippen LogP contribution >= 0.6 is 0 Å². The summed E-state index contributed by atoms with van der Waals surface area (Å²) in [5.74, 6) is -7.55. The molecule has 27 heteroatoms. The van der Waals surface area contributed by atoms with Gasteiger partial charge in [-0.3, -0.25) is 38.4 Å². The molecule has 1 fully saturated rings. The molecule has 9 amide bonds. The Morgan fingerprint density at radius 2 is 1.04 bits per heavy atom. The van der Waals surface area contributed by atoms with Gasteiger partial charge in [-0.05, 0) is 106 Å². The number of imidazole rings is 2. The Kier molecular flexibility index (Phi) is 26.6. The number of aromatic nitrogens is 4. The number of H-pyrrole nitrogens is 2. The van der Waals surface area contributed by atoms with Gasteiger partial charge in [0.05, 0.1) is 31.4 Å². The summed E-state index contributed by atoms with van der Waals surface area (Å²) in [4.78, 5) is 142. The van der Waals surface area contributed by atoms with Gasteiger partial charge in [-0.25, -0.2) is 14.8 Å². The first-order chi connectivity index (χ1) is 43.6. The molecule has 6 rings (SSSR count). The minimum atomic E-state index is -1.51. The number of carbonyl (C=O) groups is 9. The number of aliphatic hydroxyl groups is 2. The molecule has 3 aromatic carbocycles. The van der Waals surface area contributed by atoms with Crippen molar-refractivity contribution in [3.8, 4) is 11.5 Å². The number of likely N-dealkylation sites (tertiary alicyclic amines) is 1. The van der Waals surface area contributed by atoms with Crippen LogP contribution in [0, 0.1) is 17.8 Å². The van der Waals surface area contributed by atoms with Crippen molar-refractivity contribution < 1.29 is 68.3 Å². The molecule has 1 saturated heterocycles. The molecule has 0 unspecified atom stereocenters. The molecular weight excluding hydrogens is 1190 g/mol. The summed E-state index contributed by atoms with van der Waals surface area (Å²) < 4.78 is 5.48. The van der Waals surface area contributed by atoms with Crippen LogP contribution < -0.4 is 43.0 Å². The molecule has 3 heterocycles. The number of ether oxygens (including phenoxy) is 1. The van der Waals surface area contributed by atoms with E-state index in [1.807, 2.05) is 27.7 Å². The zero-order valence-corrected chi connectivity index (χ0v) is 53.0. The SMILES string of the molecule is CC(C)C[C@@H](C[C@H](O)[C@H](CC(C)C)NC(=O)[C@H](Cc1cnc[nH]1)NC(=O)[C@H](Cc1ccccc1)NC(=O)[C@@H]1CCCN1C(=O)[C@H](Cc1cnc[nH]1)NC(=O)OC(C)(C)C)C(=O)N[C@@H](Cc1ccc(O)cc1)C(=O)N[C@@H](Cc1ccc(O)cc1)C(=O)N[C@@H](CO)C(N)=O. The Bertz CT molecular complexity index is 3220. The lowest BCUT2D eigenvalue weighted by Crippen LogP contribution is -2.60. The Hall–Kier alpha value is -9.37. The van der Waals surface area contributed by atoms with Gasteiger partial charge in [0.2, 0.25) is 47.3 Å². The fraction of sp³-hybridized carbons (Fsp3) is 0.492. The molecule has 1 aliphatic rings. The van der Waals surface area contributed by atoms with E-state index < -0.39 is 126 Å². The lowest BCUT2D eigenvalue weighted by molar-refractivity contribution is -0.141. The second-order valence-corrected chi connectivity index (χ2v) is 25.1. The number of nitrogens with two attached hydrogens (primary N) is 1. The van der Waals surface area contributed by atoms with E-state index in [0.717, 1.165) is 0 Å². The third kappa shape index (κ3) is 22.8. The van der Waals surface area contributed by atoms with Gasteiger partial charge < -0.3 is 83.0 Å². The van der Waals surface area contributed by atoms with Crippen LogP contribution in [0.4, 0.5) is 4.79 Å². The molecule has 0 spiro atoms. The van der Waals surface area contributed by atoms with Gasteiger partial charge >= 0.3 is 6.09 Å². The van der Waals surface area contributed by atoms with Gasteiger partial charge in [-0.15, -0.1) is 0 Å². The first-order valence-corrected chi connectivity index (χ1v) is 30.9. The summed E-state index contributed by atoms with van der Waals surface area (Å²) in [6.07, 6.45) is 3.89. The standard InChI is InChI=1S/C65H89N13O14/c1-37(2)24-42(57(84)72-48(27-40-15-19-45(80)20-16-40)58(85)73-49(28-41-17-21-46(81)22-18-41)60(87)76-53(34-79)56(66)83)29-55(82)47(25-38(3)4)71-61(88)51(30-43-32-67-35-69-43)74-59(86)50(26-39-12-9-8-10-13-39)75-62(89)54-14-11-23-78(54)63(90)52(31-44-33-68-36-70-44)77-64(91)92-65(5,6)7/h8-10,12-13,15-22,32-33,35-38,42,47-55,79-82H,11,14,23-31,34H2,1-7H3,(H2,66,83)(H,67,69)(H,68,70)(H,71,88)(H,72,84)(H,73,85)(H,74,86)(H,75,89)(H,76,87)(H,77,91)/t42-,47-,48-,49-,50-,51-,52-,53-,54-,55-/m0/s1. The number of amides is 9. The van der Waals surface area contributed by atoms with Gasteiger partial charge in [0.1, 0.15) is 59.4 Å². The van der Waals surface area contributed by atoms with Crippen molar-refractivity contribution in [1.29, 1.82) is 0 Å². The van der Waals surface area contributed by atoms with Gasteiger partial charge in [-0.1, -0.05) is 82.3 Å². The number of phenolic OH excluding ortho intramolecular Hbond substituents is 2. The van der Waals surface area contributed by atoms with E-state index in [0.29, 0.717) is 34.5 Å². The van der Waals surface area contributed by atoms with Crippen LogP contribution in [0.3, 0.4) is 0 Å². The maximum atomic E-state index is 14.9. The molecule has 92 heavy (non-hydrogen) atoms. The van der Waals surface area contributed by atoms with E-state index in [1.165, 1.54) is 66.3 Å². The molecule has 0 saturated carbocycles. The van der Waals surface area contributed by atoms with Crippen molar-refractivity contribution in [2.45, 2.75) is 173 Å². The molecule has 1 aliphatic heterocycles. The highest BCUT2D eigenvalue weighted by molar-refractivity contribution is 5.97. The number of primary amides is 1. The van der Waals surface area contributed by atoms with Gasteiger partial charge in [0.15, 0.2) is 0 Å². The largest absolute Gasteiger partial charge is 0.508 e. The second kappa shape index (κ2) is 34.2. The molecule has 15 N–H and O–H groups in total. The van der Waals surface area contributed by atoms with Crippen molar-refractivity contribution in [3.05, 3.63) is 132 Å². The number of rotatable bonds is 33. The number of aromatic hydroxyl groups is 2. The molecule has 2 aromatic heterocycles. The van der Waals surface area contributed by atoms with Crippen LogP contribution in [-0.2, 0) is 75.2 Å². The lowest BCUT2D eigenvalue weighted by atomic mass is 9.86. The fourth-order valence-corrected chi connectivity index (χ4v) is 10.8. The monoisotopic (exact) mass is 1280 g/mol. The van der Waals surface area contributed by atoms with Crippen molar-refractivity contribution in [2.75, 3.05) is 13.2 Å². The number of benzene rings is 3. The third-order valence-corrected chi connectivity index (χ3v) is 15.4. The smallest absolute Gasteiger partial charge is 0.408 e. The zero-order chi connectivity index (χ0) is 67.2. The Balaban J connectivity index is 1.23. The number of phenols is 2. The van der Waals surface area contributed by atoms with E-state index in [1.54, 1.807) is 63.2 Å². The summed E-state index contributed by atoms with van der Waals surface area (Å²) >= 11 is 0. The number of hydrogen-bond acceptors (Lipinski definition) is 16. The quantitative estimate of drug-likeness (QED) is 0.0285. The normalized spacial score (nSPS) is 16.1. The molecule has 0 radical (unpaired) electrons. The number of aliphatic hydroxyl groups excluding tert-OH is 2. The average molecular weight is 1280 g/mol. The number of alkyl carbamates (subject to hydrolysis) is 1. The summed E-state index contributed by atoms with van der Waals surface area (Å²) in [6.45, 7) is 11.9. The summed E-state index contributed by atoms with van der Waals surface area (Å²) in [6, 6.07) is 10.3. The molecule has 0 bridgehead atoms. The Morgan fingerprint density at radius 3 is 1.51 bits per heavy atom. The predicted octanol–water partition coefficient (Wildman–Crippen LogP) is 1.79. The van der Waals surface area contributed by atoms with Crippen molar-refractivity contribution >= 4 is 53.4 Å². The molecule has 498 valence electrons. The Morgan fingerprint density at radius 1 is 0.587 bits per heavy atom. The number of nitrogens with one attached hydrogen (secondary N) is 9. The molecular formula is C65H89N13O14. The van der Waals surface area contributed by atoms with Crippen molar-refractivity contribution in [2.24, 2.45) is 23.5 Å². The summed E-state index contributed by atoms with van der Waals surface area (Å²) in [7, 11) is 0. The maximum absolute atomic E-state index is 14.9. The highest BCUT2D eigenvalue weighted by Gasteiger charge is 2.41. The lowest BCUT2D eigenvalue weighted by Gasteiger charge is -2.32. The van der Waals surface area contributed by atoms with E-state index in [-0.39, 0.29) is 87.7 Å². The first kappa shape index (κ1) is 71.7. The molecule has 10 atom stereocenters. The first-order valence-electron chi connectivity index (χ1n) is 30.9. The van der Waals surface area contributed by atoms with Gasteiger partial charge in [-0.2, -0.15) is 0 Å². The maximum Gasteiger partial charge on any atom is 0.408 e. The molecule has 5 aromatic rings. The summed E-state index contributed by atoms with van der Waals surface area (Å²) in [5.41, 5.74) is 7.16. The molecule has 27 nitrogen and oxygen atoms in total. The van der Waals surface area contributed by atoms with Gasteiger partial charge in [0.25, 0.3) is 0 Å². The third-order valence-electron chi connectivity index (χ3n) is 15.4. The van der Waals surface area contributed by atoms with Crippen molar-refractivity contribution in [3.63, 3.8) is 0 Å². The fourth-order valence-electron chi connectivity index (χ4n) is 10.8.